The van der Waals surface area contributed by atoms with Crippen molar-refractivity contribution in [2.75, 3.05) is 11.4 Å². The predicted molar refractivity (Wildman–Crippen MR) is 87.6 cm³/mol. The summed E-state index contributed by atoms with van der Waals surface area (Å²) in [6.45, 7) is 0.320. The minimum absolute atomic E-state index is 0.244. The van der Waals surface area contributed by atoms with Crippen LogP contribution in [-0.4, -0.2) is 31.9 Å². The van der Waals surface area contributed by atoms with Crippen LogP contribution in [0, 0.1) is 0 Å². The first kappa shape index (κ1) is 15.9. The highest BCUT2D eigenvalue weighted by atomic mass is 35.5. The SMILES string of the molecule is O=C1[C@H](NS(=O)(=O)Cc2ccc(Cl)nc2)CN1c1ccccc1. The summed E-state index contributed by atoms with van der Waals surface area (Å²) >= 11 is 5.67. The monoisotopic (exact) mass is 351 g/mol. The molecule has 1 aliphatic heterocycles. The Labute approximate surface area is 139 Å². The van der Waals surface area contributed by atoms with Gasteiger partial charge in [0.25, 0.3) is 0 Å². The van der Waals surface area contributed by atoms with Crippen LogP contribution in [0.5, 0.6) is 0 Å². The van der Waals surface area contributed by atoms with Gasteiger partial charge in [-0.3, -0.25) is 4.79 Å². The van der Waals surface area contributed by atoms with Crippen LogP contribution in [-0.2, 0) is 20.6 Å². The van der Waals surface area contributed by atoms with Crippen LogP contribution in [0.1, 0.15) is 5.56 Å². The second kappa shape index (κ2) is 6.27. The minimum Gasteiger partial charge on any atom is -0.309 e. The van der Waals surface area contributed by atoms with Gasteiger partial charge in [-0.2, -0.15) is 0 Å². The van der Waals surface area contributed by atoms with E-state index in [0.29, 0.717) is 17.3 Å². The largest absolute Gasteiger partial charge is 0.309 e. The number of benzene rings is 1. The quantitative estimate of drug-likeness (QED) is 0.655. The Morgan fingerprint density at radius 3 is 2.57 bits per heavy atom. The van der Waals surface area contributed by atoms with Gasteiger partial charge in [0.05, 0.1) is 12.3 Å². The van der Waals surface area contributed by atoms with Gasteiger partial charge in [0.1, 0.15) is 11.2 Å². The van der Waals surface area contributed by atoms with E-state index in [1.54, 1.807) is 6.07 Å². The van der Waals surface area contributed by atoms with E-state index in [2.05, 4.69) is 9.71 Å². The maximum atomic E-state index is 12.1. The second-order valence-corrected chi connectivity index (χ2v) is 7.34. The molecule has 0 bridgehead atoms. The number of β-lactam (4-membered cyclic amide) rings is 1. The van der Waals surface area contributed by atoms with Gasteiger partial charge in [0.15, 0.2) is 0 Å². The third-order valence-electron chi connectivity index (χ3n) is 3.46. The summed E-state index contributed by atoms with van der Waals surface area (Å²) < 4.78 is 26.7. The van der Waals surface area contributed by atoms with E-state index >= 15 is 0 Å². The zero-order chi connectivity index (χ0) is 16.4. The van der Waals surface area contributed by atoms with Crippen molar-refractivity contribution in [3.63, 3.8) is 0 Å². The van der Waals surface area contributed by atoms with Crippen molar-refractivity contribution < 1.29 is 13.2 Å². The van der Waals surface area contributed by atoms with Crippen molar-refractivity contribution in [3.05, 3.63) is 59.4 Å². The molecule has 1 aromatic heterocycles. The summed E-state index contributed by atoms with van der Waals surface area (Å²) in [4.78, 5) is 17.5. The molecule has 23 heavy (non-hydrogen) atoms. The fraction of sp³-hybridized carbons (Fsp3) is 0.200. The summed E-state index contributed by atoms with van der Waals surface area (Å²) in [6.07, 6.45) is 1.40. The summed E-state index contributed by atoms with van der Waals surface area (Å²) in [5, 5.41) is 0.298. The first-order valence-electron chi connectivity index (χ1n) is 6.91. The topological polar surface area (TPSA) is 79.4 Å². The highest BCUT2D eigenvalue weighted by Gasteiger charge is 2.39. The average molecular weight is 352 g/mol. The fourth-order valence-electron chi connectivity index (χ4n) is 2.32. The summed E-state index contributed by atoms with van der Waals surface area (Å²) in [6, 6.07) is 11.5. The molecule has 120 valence electrons. The molecule has 6 nitrogen and oxygen atoms in total. The van der Waals surface area contributed by atoms with Gasteiger partial charge in [0, 0.05) is 11.9 Å². The molecule has 8 heteroatoms. The Balaban J connectivity index is 1.61. The lowest BCUT2D eigenvalue weighted by Gasteiger charge is -2.38. The average Bonchev–Trinajstić information content (AvgIpc) is 2.53. The number of amides is 1. The third-order valence-corrected chi connectivity index (χ3v) is 5.04. The molecule has 2 aromatic rings. The molecule has 0 saturated carbocycles. The van der Waals surface area contributed by atoms with E-state index in [-0.39, 0.29) is 11.7 Å². The number of halogens is 1. The minimum atomic E-state index is -3.63. The molecule has 1 fully saturated rings. The Morgan fingerprint density at radius 1 is 1.22 bits per heavy atom. The number of carbonyl (C=O) groups is 1. The first-order chi connectivity index (χ1) is 10.9. The molecule has 2 heterocycles. The van der Waals surface area contributed by atoms with Gasteiger partial charge >= 0.3 is 0 Å². The molecule has 1 amide bonds. The van der Waals surface area contributed by atoms with E-state index in [4.69, 9.17) is 11.6 Å². The highest BCUT2D eigenvalue weighted by Crippen LogP contribution is 2.22. The Morgan fingerprint density at radius 2 is 1.96 bits per heavy atom. The molecule has 0 spiro atoms. The highest BCUT2D eigenvalue weighted by molar-refractivity contribution is 7.88. The van der Waals surface area contributed by atoms with E-state index in [1.165, 1.54) is 17.2 Å². The van der Waals surface area contributed by atoms with E-state index < -0.39 is 16.1 Å². The molecule has 1 aromatic carbocycles. The number of carbonyl (C=O) groups excluding carboxylic acids is 1. The zero-order valence-corrected chi connectivity index (χ0v) is 13.6. The van der Waals surface area contributed by atoms with Gasteiger partial charge in [-0.05, 0) is 23.8 Å². The molecule has 1 N–H and O–H groups in total. The number of para-hydroxylation sites is 1. The molecular formula is C15H14ClN3O3S. The lowest BCUT2D eigenvalue weighted by molar-refractivity contribution is -0.124. The standard InChI is InChI=1S/C15H14ClN3O3S/c16-14-7-6-11(8-17-14)10-23(21,22)18-13-9-19(15(13)20)12-4-2-1-3-5-12/h1-8,13,18H,9-10H2/t13-/m1/s1. The lowest BCUT2D eigenvalue weighted by atomic mass is 10.1. The number of rotatable bonds is 5. The first-order valence-corrected chi connectivity index (χ1v) is 8.94. The number of hydrogen-bond donors (Lipinski definition) is 1. The number of nitrogens with zero attached hydrogens (tertiary/aromatic N) is 2. The van der Waals surface area contributed by atoms with Crippen LogP contribution in [0.3, 0.4) is 0 Å². The van der Waals surface area contributed by atoms with Crippen LogP contribution >= 0.6 is 11.6 Å². The summed E-state index contributed by atoms with van der Waals surface area (Å²) in [5.41, 5.74) is 1.27. The molecule has 3 rings (SSSR count). The van der Waals surface area contributed by atoms with Crippen LogP contribution in [0.4, 0.5) is 5.69 Å². The number of aromatic nitrogens is 1. The number of sulfonamides is 1. The van der Waals surface area contributed by atoms with Crippen LogP contribution in [0.2, 0.25) is 5.15 Å². The molecule has 0 unspecified atom stereocenters. The number of pyridine rings is 1. The van der Waals surface area contributed by atoms with Gasteiger partial charge in [-0.15, -0.1) is 0 Å². The molecule has 0 radical (unpaired) electrons. The smallest absolute Gasteiger partial charge is 0.247 e. The summed E-state index contributed by atoms with van der Waals surface area (Å²) in [5.74, 6) is -0.499. The maximum absolute atomic E-state index is 12.1. The van der Waals surface area contributed by atoms with Crippen molar-refractivity contribution in [1.82, 2.24) is 9.71 Å². The number of nitrogens with one attached hydrogen (secondary N) is 1. The Bertz CT molecular complexity index is 810. The molecule has 1 atom stereocenters. The van der Waals surface area contributed by atoms with Crippen LogP contribution in [0.25, 0.3) is 0 Å². The van der Waals surface area contributed by atoms with E-state index in [0.717, 1.165) is 5.69 Å². The normalized spacial score (nSPS) is 17.9. The molecule has 0 aliphatic carbocycles. The second-order valence-electron chi connectivity index (χ2n) is 5.20. The maximum Gasteiger partial charge on any atom is 0.247 e. The van der Waals surface area contributed by atoms with E-state index in [1.807, 2.05) is 30.3 Å². The van der Waals surface area contributed by atoms with Crippen LogP contribution < -0.4 is 9.62 Å². The van der Waals surface area contributed by atoms with Crippen LogP contribution in [0.15, 0.2) is 48.7 Å². The number of hydrogen-bond acceptors (Lipinski definition) is 4. The fourth-order valence-corrected chi connectivity index (χ4v) is 3.74. The van der Waals surface area contributed by atoms with E-state index in [9.17, 15) is 13.2 Å². The third kappa shape index (κ3) is 3.69. The molecular weight excluding hydrogens is 338 g/mol. The van der Waals surface area contributed by atoms with Crippen molar-refractivity contribution >= 4 is 33.2 Å². The zero-order valence-electron chi connectivity index (χ0n) is 12.0. The summed E-state index contributed by atoms with van der Waals surface area (Å²) in [7, 11) is -3.63. The van der Waals surface area contributed by atoms with Crippen molar-refractivity contribution in [1.29, 1.82) is 0 Å². The van der Waals surface area contributed by atoms with Gasteiger partial charge < -0.3 is 4.90 Å². The van der Waals surface area contributed by atoms with Gasteiger partial charge in [-0.1, -0.05) is 35.9 Å². The molecule has 1 aliphatic rings. The Hall–Kier alpha value is -1.96. The van der Waals surface area contributed by atoms with Crippen molar-refractivity contribution in [2.45, 2.75) is 11.8 Å². The lowest BCUT2D eigenvalue weighted by Crippen LogP contribution is -2.64. The molecule has 1 saturated heterocycles. The predicted octanol–water partition coefficient (Wildman–Crippen LogP) is 1.57. The number of anilines is 1. The van der Waals surface area contributed by atoms with Gasteiger partial charge in [0.2, 0.25) is 15.9 Å². The van der Waals surface area contributed by atoms with Crippen molar-refractivity contribution in [2.24, 2.45) is 0 Å². The Kier molecular flexibility index (Phi) is 4.34. The van der Waals surface area contributed by atoms with Gasteiger partial charge in [-0.25, -0.2) is 18.1 Å². The van der Waals surface area contributed by atoms with Crippen molar-refractivity contribution in [3.8, 4) is 0 Å².